The zero-order valence-corrected chi connectivity index (χ0v) is 20.3. The topological polar surface area (TPSA) is 99.5 Å². The summed E-state index contributed by atoms with van der Waals surface area (Å²) in [4.78, 5) is 15.3. The summed E-state index contributed by atoms with van der Waals surface area (Å²) in [6.45, 7) is 7.01. The number of amides is 1. The summed E-state index contributed by atoms with van der Waals surface area (Å²) < 4.78 is 17.0. The highest BCUT2D eigenvalue weighted by atomic mass is 32.2. The molecule has 0 radical (unpaired) electrons. The average molecular weight is 453 g/mol. The van der Waals surface area contributed by atoms with Gasteiger partial charge < -0.3 is 4.90 Å². The van der Waals surface area contributed by atoms with E-state index >= 15 is 0 Å². The molecular weight excluding hydrogens is 420 g/mol. The van der Waals surface area contributed by atoms with E-state index in [1.165, 1.54) is 0 Å². The molecule has 1 amide bonds. The van der Waals surface area contributed by atoms with E-state index in [1.54, 1.807) is 12.1 Å². The maximum absolute atomic E-state index is 13.1. The van der Waals surface area contributed by atoms with E-state index in [4.69, 9.17) is 5.14 Å². The molecule has 1 aliphatic carbocycles. The van der Waals surface area contributed by atoms with Gasteiger partial charge in [-0.15, -0.1) is 4.36 Å². The molecular formula is C25H32N4O2S. The monoisotopic (exact) mass is 452 g/mol. The Morgan fingerprint density at radius 1 is 1.28 bits per heavy atom. The first kappa shape index (κ1) is 24.1. The van der Waals surface area contributed by atoms with Gasteiger partial charge in [0, 0.05) is 6.54 Å². The van der Waals surface area contributed by atoms with E-state index in [0.717, 1.165) is 35.2 Å². The minimum atomic E-state index is -3.34. The lowest BCUT2D eigenvalue weighted by atomic mass is 9.87. The normalized spacial score (nSPS) is 19.5. The van der Waals surface area contributed by atoms with Crippen LogP contribution in [0, 0.1) is 17.2 Å². The number of hydrogen-bond donors (Lipinski definition) is 1. The predicted octanol–water partition coefficient (Wildman–Crippen LogP) is 4.34. The lowest BCUT2D eigenvalue weighted by Crippen LogP contribution is -2.17. The zero-order valence-electron chi connectivity index (χ0n) is 19.5. The van der Waals surface area contributed by atoms with Crippen LogP contribution in [0.3, 0.4) is 0 Å². The van der Waals surface area contributed by atoms with Crippen molar-refractivity contribution in [2.75, 3.05) is 14.1 Å². The van der Waals surface area contributed by atoms with E-state index in [0.29, 0.717) is 22.3 Å². The zero-order chi connectivity index (χ0) is 23.6. The summed E-state index contributed by atoms with van der Waals surface area (Å²) in [5.74, 6) is 0.505. The molecule has 7 heteroatoms. The van der Waals surface area contributed by atoms with Gasteiger partial charge >= 0.3 is 0 Å². The highest BCUT2D eigenvalue weighted by Crippen LogP contribution is 2.49. The Kier molecular flexibility index (Phi) is 7.19. The third kappa shape index (κ3) is 5.63. The Balaban J connectivity index is 1.93. The Morgan fingerprint density at radius 2 is 1.91 bits per heavy atom. The van der Waals surface area contributed by atoms with Crippen LogP contribution < -0.4 is 5.14 Å². The Morgan fingerprint density at radius 3 is 2.41 bits per heavy atom. The third-order valence-electron chi connectivity index (χ3n) is 5.90. The van der Waals surface area contributed by atoms with Gasteiger partial charge in [0.25, 0.3) is 5.91 Å². The van der Waals surface area contributed by atoms with Crippen molar-refractivity contribution in [2.45, 2.75) is 56.9 Å². The summed E-state index contributed by atoms with van der Waals surface area (Å²) in [6.07, 6.45) is 1.07. The highest BCUT2D eigenvalue weighted by molar-refractivity contribution is 7.91. The minimum Gasteiger partial charge on any atom is -0.305 e. The van der Waals surface area contributed by atoms with Gasteiger partial charge in [0.1, 0.15) is 9.92 Å². The van der Waals surface area contributed by atoms with E-state index in [-0.39, 0.29) is 12.3 Å². The molecule has 1 fully saturated rings. The van der Waals surface area contributed by atoms with Crippen molar-refractivity contribution in [2.24, 2.45) is 15.4 Å². The van der Waals surface area contributed by atoms with Crippen molar-refractivity contribution in [3.63, 3.8) is 0 Å². The smallest absolute Gasteiger partial charge is 0.259 e. The first-order valence-corrected chi connectivity index (χ1v) is 12.5. The number of nitrogens with zero attached hydrogens (tertiary/aromatic N) is 3. The molecule has 0 heterocycles. The standard InChI is InChI=1S/C25H32N4O2S/c1-16(2)21-11-19(14-26)12-23(22-10-17(22)3)24(21)13-25(30)28-32(27,31)20-8-6-18(7-9-20)15-29(4)5/h6-9,11-12,16-17,22H,10,13,15H2,1-5H3,(H2,27,28,30,31). The number of nitrogens with two attached hydrogens (primary N) is 1. The fourth-order valence-electron chi connectivity index (χ4n) is 4.13. The molecule has 0 saturated heterocycles. The summed E-state index contributed by atoms with van der Waals surface area (Å²) in [5, 5.41) is 15.5. The van der Waals surface area contributed by atoms with Gasteiger partial charge in [-0.05, 0) is 84.8 Å². The number of hydrogen-bond acceptors (Lipinski definition) is 4. The molecule has 0 bridgehead atoms. The van der Waals surface area contributed by atoms with Gasteiger partial charge in [0.05, 0.1) is 22.9 Å². The fourth-order valence-corrected chi connectivity index (χ4v) is 5.13. The molecule has 2 aromatic rings. The molecule has 2 aromatic carbocycles. The molecule has 6 nitrogen and oxygen atoms in total. The van der Waals surface area contributed by atoms with Gasteiger partial charge in [0.2, 0.25) is 0 Å². The molecule has 3 atom stereocenters. The van der Waals surface area contributed by atoms with Gasteiger partial charge in [-0.3, -0.25) is 4.79 Å². The molecule has 170 valence electrons. The second-order valence-corrected chi connectivity index (χ2v) is 11.1. The van der Waals surface area contributed by atoms with Crippen LogP contribution >= 0.6 is 0 Å². The van der Waals surface area contributed by atoms with E-state index in [1.807, 2.05) is 57.1 Å². The van der Waals surface area contributed by atoms with E-state index in [9.17, 15) is 14.3 Å². The Hall–Kier alpha value is -2.53. The maximum atomic E-state index is 13.1. The second kappa shape index (κ2) is 9.53. The van der Waals surface area contributed by atoms with Crippen molar-refractivity contribution in [1.82, 2.24) is 4.90 Å². The van der Waals surface area contributed by atoms with E-state index in [2.05, 4.69) is 17.4 Å². The molecule has 1 saturated carbocycles. The molecule has 3 unspecified atom stereocenters. The van der Waals surface area contributed by atoms with Gasteiger partial charge in [-0.1, -0.05) is 32.9 Å². The quantitative estimate of drug-likeness (QED) is 0.675. The number of benzene rings is 2. The number of carbonyl (C=O) groups is 1. The van der Waals surface area contributed by atoms with Gasteiger partial charge in [-0.2, -0.15) is 5.26 Å². The highest BCUT2D eigenvalue weighted by Gasteiger charge is 2.37. The molecule has 0 aromatic heterocycles. The number of nitriles is 1. The minimum absolute atomic E-state index is 0.0324. The van der Waals surface area contributed by atoms with Crippen molar-refractivity contribution in [3.05, 3.63) is 64.2 Å². The lowest BCUT2D eigenvalue weighted by Gasteiger charge is -2.17. The molecule has 0 aliphatic heterocycles. The maximum Gasteiger partial charge on any atom is 0.259 e. The number of carbonyl (C=O) groups excluding carboxylic acids is 1. The molecule has 32 heavy (non-hydrogen) atoms. The van der Waals surface area contributed by atoms with Crippen molar-refractivity contribution < 1.29 is 9.00 Å². The predicted molar refractivity (Wildman–Crippen MR) is 127 cm³/mol. The van der Waals surface area contributed by atoms with Crippen LogP contribution in [0.2, 0.25) is 0 Å². The van der Waals surface area contributed by atoms with Gasteiger partial charge in [0.15, 0.2) is 0 Å². The van der Waals surface area contributed by atoms with Crippen LogP contribution in [0.1, 0.15) is 66.8 Å². The summed E-state index contributed by atoms with van der Waals surface area (Å²) in [6, 6.07) is 13.0. The van der Waals surface area contributed by atoms with Crippen LogP contribution in [0.25, 0.3) is 0 Å². The summed E-state index contributed by atoms with van der Waals surface area (Å²) in [7, 11) is 0.603. The SMILES string of the molecule is CC(C)c1cc(C#N)cc(C2CC2C)c1CC(=O)N=S(N)(=O)c1ccc(CN(C)C)cc1. The molecule has 1 aliphatic rings. The van der Waals surface area contributed by atoms with Crippen molar-refractivity contribution in [1.29, 1.82) is 5.26 Å². The molecule has 2 N–H and O–H groups in total. The first-order chi connectivity index (χ1) is 15.0. The first-order valence-electron chi connectivity index (χ1n) is 10.9. The molecule has 0 spiro atoms. The van der Waals surface area contributed by atoms with Crippen LogP contribution in [-0.2, 0) is 27.7 Å². The van der Waals surface area contributed by atoms with E-state index < -0.39 is 15.8 Å². The van der Waals surface area contributed by atoms with Gasteiger partial charge in [-0.25, -0.2) is 9.35 Å². The van der Waals surface area contributed by atoms with Crippen molar-refractivity contribution >= 4 is 15.8 Å². The van der Waals surface area contributed by atoms with Crippen LogP contribution in [0.5, 0.6) is 0 Å². The second-order valence-electron chi connectivity index (χ2n) is 9.33. The Labute approximate surface area is 191 Å². The largest absolute Gasteiger partial charge is 0.305 e. The van der Waals surface area contributed by atoms with Crippen LogP contribution in [-0.4, -0.2) is 29.1 Å². The summed E-state index contributed by atoms with van der Waals surface area (Å²) in [5.41, 5.74) is 4.58. The lowest BCUT2D eigenvalue weighted by molar-refractivity contribution is -0.117. The molecule has 3 rings (SSSR count). The number of rotatable bonds is 7. The van der Waals surface area contributed by atoms with Crippen LogP contribution in [0.4, 0.5) is 0 Å². The Bertz CT molecular complexity index is 1170. The third-order valence-corrected chi connectivity index (χ3v) is 7.33. The average Bonchev–Trinajstić information content (AvgIpc) is 3.43. The fraction of sp³-hybridized carbons (Fsp3) is 0.440. The summed E-state index contributed by atoms with van der Waals surface area (Å²) >= 11 is 0. The van der Waals surface area contributed by atoms with Crippen molar-refractivity contribution in [3.8, 4) is 6.07 Å². The van der Waals surface area contributed by atoms with Crippen LogP contribution in [0.15, 0.2) is 45.7 Å².